The number of amides is 1. The van der Waals surface area contributed by atoms with Crippen LogP contribution in [-0.4, -0.2) is 41.0 Å². The molecule has 0 spiro atoms. The van der Waals surface area contributed by atoms with E-state index in [2.05, 4.69) is 5.32 Å². The van der Waals surface area contributed by atoms with Gasteiger partial charge in [-0.25, -0.2) is 0 Å². The summed E-state index contributed by atoms with van der Waals surface area (Å²) in [6.45, 7) is 2.59. The van der Waals surface area contributed by atoms with E-state index in [0.29, 0.717) is 13.0 Å². The van der Waals surface area contributed by atoms with Gasteiger partial charge in [0.1, 0.15) is 0 Å². The molecule has 0 aliphatic carbocycles. The molecule has 1 heterocycles. The number of aliphatic carboxylic acids is 1. The van der Waals surface area contributed by atoms with Crippen molar-refractivity contribution in [1.82, 2.24) is 5.32 Å². The van der Waals surface area contributed by atoms with Crippen LogP contribution in [0.4, 0.5) is 0 Å². The Bertz CT molecular complexity index is 514. The molecular weight excluding hydrogens is 302 g/mol. The van der Waals surface area contributed by atoms with Gasteiger partial charge in [-0.2, -0.15) is 0 Å². The van der Waals surface area contributed by atoms with E-state index < -0.39 is 11.5 Å². The molecule has 2 unspecified atom stereocenters. The Morgan fingerprint density at radius 2 is 2.14 bits per heavy atom. The van der Waals surface area contributed by atoms with Crippen molar-refractivity contribution in [2.45, 2.75) is 36.3 Å². The average Bonchev–Trinajstić information content (AvgIpc) is 2.93. The lowest BCUT2D eigenvalue weighted by molar-refractivity contribution is -0.139. The molecule has 1 fully saturated rings. The molecule has 1 amide bonds. The monoisotopic (exact) mass is 323 g/mol. The second-order valence-electron chi connectivity index (χ2n) is 5.58. The highest BCUT2D eigenvalue weighted by molar-refractivity contribution is 7.99. The zero-order valence-electron chi connectivity index (χ0n) is 12.6. The van der Waals surface area contributed by atoms with Crippen LogP contribution in [0.2, 0.25) is 0 Å². The number of nitrogens with one attached hydrogen (secondary N) is 1. The first-order valence-corrected chi connectivity index (χ1v) is 8.33. The van der Waals surface area contributed by atoms with E-state index in [1.54, 1.807) is 0 Å². The minimum absolute atomic E-state index is 0.102. The Balaban J connectivity index is 1.88. The second kappa shape index (κ2) is 7.65. The van der Waals surface area contributed by atoms with E-state index in [9.17, 15) is 9.59 Å². The van der Waals surface area contributed by atoms with Crippen LogP contribution in [0.5, 0.6) is 0 Å². The van der Waals surface area contributed by atoms with Crippen molar-refractivity contribution in [3.8, 4) is 0 Å². The number of rotatable bonds is 7. The molecule has 0 saturated carbocycles. The summed E-state index contributed by atoms with van der Waals surface area (Å²) in [4.78, 5) is 23.3. The molecule has 0 aromatic heterocycles. The Kier molecular flexibility index (Phi) is 5.85. The lowest BCUT2D eigenvalue weighted by atomic mass is 9.94. The summed E-state index contributed by atoms with van der Waals surface area (Å²) in [7, 11) is 0. The number of carbonyl (C=O) groups excluding carboxylic acids is 1. The Morgan fingerprint density at radius 3 is 2.73 bits per heavy atom. The van der Waals surface area contributed by atoms with Crippen LogP contribution >= 0.6 is 11.8 Å². The van der Waals surface area contributed by atoms with Crippen LogP contribution < -0.4 is 5.32 Å². The third-order valence-corrected chi connectivity index (χ3v) is 4.91. The number of ether oxygens (including phenoxy) is 1. The lowest BCUT2D eigenvalue weighted by Crippen LogP contribution is -2.52. The number of carboxylic acid groups (broad SMARTS) is 1. The summed E-state index contributed by atoms with van der Waals surface area (Å²) in [5.74, 6) is -0.305. The number of benzene rings is 1. The SMILES string of the molecule is CC(SCc1ccccc1)C(=O)NC1(CC(=O)O)CCOC1. The summed E-state index contributed by atoms with van der Waals surface area (Å²) >= 11 is 1.54. The normalized spacial score (nSPS) is 22.2. The van der Waals surface area contributed by atoms with Gasteiger partial charge in [-0.05, 0) is 18.9 Å². The summed E-state index contributed by atoms with van der Waals surface area (Å²) in [6.07, 6.45) is 0.440. The predicted molar refractivity (Wildman–Crippen MR) is 85.8 cm³/mol. The zero-order chi connectivity index (χ0) is 16.0. The lowest BCUT2D eigenvalue weighted by Gasteiger charge is -2.28. The fraction of sp³-hybridized carbons (Fsp3) is 0.500. The summed E-state index contributed by atoms with van der Waals surface area (Å²) in [5.41, 5.74) is 0.404. The molecule has 120 valence electrons. The highest BCUT2D eigenvalue weighted by Crippen LogP contribution is 2.25. The molecule has 1 aliphatic rings. The molecule has 22 heavy (non-hydrogen) atoms. The van der Waals surface area contributed by atoms with Crippen molar-refractivity contribution in [1.29, 1.82) is 0 Å². The fourth-order valence-electron chi connectivity index (χ4n) is 2.41. The van der Waals surface area contributed by atoms with Crippen LogP contribution in [-0.2, 0) is 20.1 Å². The molecule has 6 heteroatoms. The van der Waals surface area contributed by atoms with E-state index in [1.807, 2.05) is 37.3 Å². The predicted octanol–water partition coefficient (Wildman–Crippen LogP) is 2.06. The third-order valence-electron chi connectivity index (χ3n) is 3.69. The van der Waals surface area contributed by atoms with Gasteiger partial charge >= 0.3 is 5.97 Å². The number of hydrogen-bond donors (Lipinski definition) is 2. The summed E-state index contributed by atoms with van der Waals surface area (Å²) in [5, 5.41) is 11.7. The summed E-state index contributed by atoms with van der Waals surface area (Å²) < 4.78 is 5.29. The van der Waals surface area contributed by atoms with Crippen molar-refractivity contribution < 1.29 is 19.4 Å². The standard InChI is InChI=1S/C16H21NO4S/c1-12(22-10-13-5-3-2-4-6-13)15(20)17-16(9-14(18)19)7-8-21-11-16/h2-6,12H,7-11H2,1H3,(H,17,20)(H,18,19). The highest BCUT2D eigenvalue weighted by atomic mass is 32.2. The van der Waals surface area contributed by atoms with E-state index >= 15 is 0 Å². The Morgan fingerprint density at radius 1 is 1.41 bits per heavy atom. The van der Waals surface area contributed by atoms with Gasteiger partial charge in [-0.3, -0.25) is 9.59 Å². The van der Waals surface area contributed by atoms with E-state index in [-0.39, 0.29) is 24.2 Å². The number of carbonyl (C=O) groups is 2. The van der Waals surface area contributed by atoms with Gasteiger partial charge in [0.2, 0.25) is 5.91 Å². The first-order chi connectivity index (χ1) is 10.5. The largest absolute Gasteiger partial charge is 0.481 e. The number of thioether (sulfide) groups is 1. The average molecular weight is 323 g/mol. The van der Waals surface area contributed by atoms with E-state index in [1.165, 1.54) is 11.8 Å². The second-order valence-corrected chi connectivity index (χ2v) is 6.91. The zero-order valence-corrected chi connectivity index (χ0v) is 13.4. The van der Waals surface area contributed by atoms with Gasteiger partial charge in [0, 0.05) is 12.4 Å². The van der Waals surface area contributed by atoms with Gasteiger partial charge in [0.15, 0.2) is 0 Å². The van der Waals surface area contributed by atoms with Crippen molar-refractivity contribution in [3.63, 3.8) is 0 Å². The quantitative estimate of drug-likeness (QED) is 0.803. The van der Waals surface area contributed by atoms with Crippen LogP contribution in [0.15, 0.2) is 30.3 Å². The molecule has 1 aromatic carbocycles. The topological polar surface area (TPSA) is 75.6 Å². The maximum absolute atomic E-state index is 12.3. The van der Waals surface area contributed by atoms with E-state index in [0.717, 1.165) is 11.3 Å². The molecule has 1 aromatic rings. The molecule has 2 atom stereocenters. The van der Waals surface area contributed by atoms with Gasteiger partial charge < -0.3 is 15.2 Å². The van der Waals surface area contributed by atoms with Crippen molar-refractivity contribution in [3.05, 3.63) is 35.9 Å². The molecule has 1 saturated heterocycles. The first-order valence-electron chi connectivity index (χ1n) is 7.28. The van der Waals surface area contributed by atoms with Gasteiger partial charge in [0.05, 0.1) is 23.8 Å². The maximum atomic E-state index is 12.3. The van der Waals surface area contributed by atoms with Crippen LogP contribution in [0.25, 0.3) is 0 Å². The van der Waals surface area contributed by atoms with Gasteiger partial charge in [-0.15, -0.1) is 11.8 Å². The molecule has 0 radical (unpaired) electrons. The molecule has 5 nitrogen and oxygen atoms in total. The van der Waals surface area contributed by atoms with Crippen molar-refractivity contribution in [2.75, 3.05) is 13.2 Å². The minimum Gasteiger partial charge on any atom is -0.481 e. The number of hydrogen-bond acceptors (Lipinski definition) is 4. The van der Waals surface area contributed by atoms with Crippen molar-refractivity contribution >= 4 is 23.6 Å². The molecule has 2 N–H and O–H groups in total. The van der Waals surface area contributed by atoms with Crippen LogP contribution in [0.1, 0.15) is 25.3 Å². The molecular formula is C16H21NO4S. The van der Waals surface area contributed by atoms with Gasteiger partial charge in [-0.1, -0.05) is 30.3 Å². The summed E-state index contributed by atoms with van der Waals surface area (Å²) in [6, 6.07) is 9.94. The first kappa shape index (κ1) is 16.8. The Labute approximate surface area is 134 Å². The highest BCUT2D eigenvalue weighted by Gasteiger charge is 2.39. The maximum Gasteiger partial charge on any atom is 0.305 e. The molecule has 0 bridgehead atoms. The smallest absolute Gasteiger partial charge is 0.305 e. The minimum atomic E-state index is -0.921. The van der Waals surface area contributed by atoms with Gasteiger partial charge in [0.25, 0.3) is 0 Å². The van der Waals surface area contributed by atoms with E-state index in [4.69, 9.17) is 9.84 Å². The van der Waals surface area contributed by atoms with Crippen molar-refractivity contribution in [2.24, 2.45) is 0 Å². The third kappa shape index (κ3) is 4.74. The number of carboxylic acids is 1. The molecule has 2 rings (SSSR count). The Hall–Kier alpha value is -1.53. The van der Waals surface area contributed by atoms with Crippen LogP contribution in [0.3, 0.4) is 0 Å². The molecule has 1 aliphatic heterocycles. The van der Waals surface area contributed by atoms with Crippen LogP contribution in [0, 0.1) is 0 Å². The fourth-order valence-corrected chi connectivity index (χ4v) is 3.26.